The fourth-order valence-electron chi connectivity index (χ4n) is 2.28. The average Bonchev–Trinajstić information content (AvgIpc) is 2.49. The number of nitrogen functional groups attached to an aromatic ring is 1. The van der Waals surface area contributed by atoms with Crippen LogP contribution in [0.3, 0.4) is 0 Å². The fraction of sp³-hybridized carbons (Fsp3) is 0.588. The molecule has 0 unspecified atom stereocenters. The van der Waals surface area contributed by atoms with E-state index in [-0.39, 0.29) is 5.91 Å². The molecule has 0 atom stereocenters. The van der Waals surface area contributed by atoms with Crippen LogP contribution in [-0.4, -0.2) is 13.0 Å². The molecule has 4 heteroatoms. The molecule has 21 heavy (non-hydrogen) atoms. The van der Waals surface area contributed by atoms with Gasteiger partial charge in [0.15, 0.2) is 0 Å². The van der Waals surface area contributed by atoms with Crippen molar-refractivity contribution in [2.75, 3.05) is 12.8 Å². The quantitative estimate of drug-likeness (QED) is 0.511. The van der Waals surface area contributed by atoms with Crippen molar-refractivity contribution in [1.82, 2.24) is 5.32 Å². The van der Waals surface area contributed by atoms with Gasteiger partial charge in [0.1, 0.15) is 5.75 Å². The average molecular weight is 292 g/mol. The van der Waals surface area contributed by atoms with E-state index in [1.165, 1.54) is 25.7 Å². The van der Waals surface area contributed by atoms with E-state index >= 15 is 0 Å². The summed E-state index contributed by atoms with van der Waals surface area (Å²) in [5.41, 5.74) is 7.35. The van der Waals surface area contributed by atoms with Crippen molar-refractivity contribution >= 4 is 11.6 Å². The number of unbranched alkanes of at least 4 members (excludes halogenated alkanes) is 5. The summed E-state index contributed by atoms with van der Waals surface area (Å²) in [5.74, 6) is 0.846. The molecule has 0 saturated carbocycles. The molecule has 0 fully saturated rings. The van der Waals surface area contributed by atoms with Crippen LogP contribution in [-0.2, 0) is 11.3 Å². The van der Waals surface area contributed by atoms with Crippen molar-refractivity contribution in [3.63, 3.8) is 0 Å². The van der Waals surface area contributed by atoms with Crippen LogP contribution in [0.5, 0.6) is 5.75 Å². The zero-order valence-electron chi connectivity index (χ0n) is 13.3. The Hall–Kier alpha value is -1.71. The van der Waals surface area contributed by atoms with Gasteiger partial charge in [0.05, 0.1) is 7.11 Å². The third kappa shape index (κ3) is 7.02. The van der Waals surface area contributed by atoms with E-state index in [2.05, 4.69) is 12.2 Å². The molecule has 1 amide bonds. The summed E-state index contributed by atoms with van der Waals surface area (Å²) in [6, 6.07) is 5.45. The summed E-state index contributed by atoms with van der Waals surface area (Å²) >= 11 is 0. The number of carbonyl (C=O) groups is 1. The SMILES string of the molecule is CCCCCCCCC(=O)NCc1cc(N)ccc1OC. The first kappa shape index (κ1) is 17.3. The zero-order valence-corrected chi connectivity index (χ0v) is 13.3. The number of hydrogen-bond donors (Lipinski definition) is 2. The summed E-state index contributed by atoms with van der Waals surface area (Å²) in [7, 11) is 1.62. The van der Waals surface area contributed by atoms with Crippen LogP contribution in [0.25, 0.3) is 0 Å². The highest BCUT2D eigenvalue weighted by molar-refractivity contribution is 5.75. The van der Waals surface area contributed by atoms with Gasteiger partial charge in [0.2, 0.25) is 5.91 Å². The number of benzene rings is 1. The van der Waals surface area contributed by atoms with E-state index in [1.54, 1.807) is 13.2 Å². The van der Waals surface area contributed by atoms with Crippen molar-refractivity contribution in [2.24, 2.45) is 0 Å². The van der Waals surface area contributed by atoms with Gasteiger partial charge < -0.3 is 15.8 Å². The molecule has 0 bridgehead atoms. The number of methoxy groups -OCH3 is 1. The lowest BCUT2D eigenvalue weighted by Gasteiger charge is -2.10. The number of anilines is 1. The van der Waals surface area contributed by atoms with E-state index in [1.807, 2.05) is 12.1 Å². The van der Waals surface area contributed by atoms with Gasteiger partial charge in [-0.15, -0.1) is 0 Å². The van der Waals surface area contributed by atoms with Gasteiger partial charge in [0.25, 0.3) is 0 Å². The monoisotopic (exact) mass is 292 g/mol. The molecular formula is C17H28N2O2. The van der Waals surface area contributed by atoms with Gasteiger partial charge in [-0.3, -0.25) is 4.79 Å². The van der Waals surface area contributed by atoms with Crippen LogP contribution in [0, 0.1) is 0 Å². The molecule has 3 N–H and O–H groups in total. The molecular weight excluding hydrogens is 264 g/mol. The Morgan fingerprint density at radius 1 is 1.19 bits per heavy atom. The topological polar surface area (TPSA) is 64.4 Å². The fourth-order valence-corrected chi connectivity index (χ4v) is 2.28. The van der Waals surface area contributed by atoms with Crippen LogP contribution in [0.2, 0.25) is 0 Å². The maximum atomic E-state index is 11.8. The Balaban J connectivity index is 2.25. The predicted molar refractivity (Wildman–Crippen MR) is 87.2 cm³/mol. The van der Waals surface area contributed by atoms with Crippen molar-refractivity contribution < 1.29 is 9.53 Å². The van der Waals surface area contributed by atoms with Crippen LogP contribution in [0.1, 0.15) is 57.4 Å². The summed E-state index contributed by atoms with van der Waals surface area (Å²) < 4.78 is 5.26. The maximum Gasteiger partial charge on any atom is 0.220 e. The minimum atomic E-state index is 0.0926. The highest BCUT2D eigenvalue weighted by Crippen LogP contribution is 2.20. The molecule has 1 aromatic carbocycles. The number of amides is 1. The number of ether oxygens (including phenoxy) is 1. The molecule has 0 aliphatic rings. The van der Waals surface area contributed by atoms with Gasteiger partial charge in [-0.25, -0.2) is 0 Å². The summed E-state index contributed by atoms with van der Waals surface area (Å²) in [6.45, 7) is 2.67. The van der Waals surface area contributed by atoms with Crippen LogP contribution in [0.15, 0.2) is 18.2 Å². The molecule has 118 valence electrons. The van der Waals surface area contributed by atoms with E-state index in [9.17, 15) is 4.79 Å². The Kier molecular flexibility index (Phi) is 8.32. The largest absolute Gasteiger partial charge is 0.496 e. The highest BCUT2D eigenvalue weighted by atomic mass is 16.5. The molecule has 0 aromatic heterocycles. The lowest BCUT2D eigenvalue weighted by molar-refractivity contribution is -0.121. The molecule has 0 aliphatic carbocycles. The third-order valence-corrected chi connectivity index (χ3v) is 3.54. The Morgan fingerprint density at radius 2 is 1.90 bits per heavy atom. The number of hydrogen-bond acceptors (Lipinski definition) is 3. The van der Waals surface area contributed by atoms with E-state index in [0.29, 0.717) is 18.7 Å². The van der Waals surface area contributed by atoms with Gasteiger partial charge in [0, 0.05) is 24.2 Å². The minimum Gasteiger partial charge on any atom is -0.496 e. The molecule has 0 radical (unpaired) electrons. The van der Waals surface area contributed by atoms with E-state index in [4.69, 9.17) is 10.5 Å². The Bertz CT molecular complexity index is 433. The molecule has 0 spiro atoms. The first-order valence-corrected chi connectivity index (χ1v) is 7.86. The molecule has 0 heterocycles. The van der Waals surface area contributed by atoms with E-state index < -0.39 is 0 Å². The summed E-state index contributed by atoms with van der Waals surface area (Å²) in [5, 5.41) is 2.93. The second-order valence-electron chi connectivity index (χ2n) is 5.37. The second-order valence-corrected chi connectivity index (χ2v) is 5.37. The van der Waals surface area contributed by atoms with Gasteiger partial charge >= 0.3 is 0 Å². The zero-order chi connectivity index (χ0) is 15.5. The van der Waals surface area contributed by atoms with Crippen LogP contribution in [0.4, 0.5) is 5.69 Å². The van der Waals surface area contributed by atoms with Gasteiger partial charge in [-0.1, -0.05) is 39.0 Å². The number of nitrogens with one attached hydrogen (secondary N) is 1. The minimum absolute atomic E-state index is 0.0926. The second kappa shape index (κ2) is 10.1. The molecule has 1 rings (SSSR count). The lowest BCUT2D eigenvalue weighted by atomic mass is 10.1. The first-order valence-electron chi connectivity index (χ1n) is 7.86. The first-order chi connectivity index (χ1) is 10.2. The smallest absolute Gasteiger partial charge is 0.220 e. The standard InChI is InChI=1S/C17H28N2O2/c1-3-4-5-6-7-8-9-17(20)19-13-14-12-15(18)10-11-16(14)21-2/h10-12H,3-9,13,18H2,1-2H3,(H,19,20). The molecule has 0 saturated heterocycles. The number of nitrogens with two attached hydrogens (primary N) is 1. The molecule has 1 aromatic rings. The molecule has 0 aliphatic heterocycles. The lowest BCUT2D eigenvalue weighted by Crippen LogP contribution is -2.22. The summed E-state index contributed by atoms with van der Waals surface area (Å²) in [4.78, 5) is 11.8. The number of rotatable bonds is 10. The van der Waals surface area contributed by atoms with Crippen LogP contribution >= 0.6 is 0 Å². The van der Waals surface area contributed by atoms with Crippen molar-refractivity contribution in [3.8, 4) is 5.75 Å². The third-order valence-electron chi connectivity index (χ3n) is 3.54. The van der Waals surface area contributed by atoms with Crippen molar-refractivity contribution in [3.05, 3.63) is 23.8 Å². The Morgan fingerprint density at radius 3 is 2.62 bits per heavy atom. The van der Waals surface area contributed by atoms with Gasteiger partial charge in [-0.2, -0.15) is 0 Å². The normalized spacial score (nSPS) is 10.4. The Labute approximate surface area is 128 Å². The van der Waals surface area contributed by atoms with Crippen molar-refractivity contribution in [1.29, 1.82) is 0 Å². The van der Waals surface area contributed by atoms with Gasteiger partial charge in [-0.05, 0) is 24.6 Å². The van der Waals surface area contributed by atoms with Crippen molar-refractivity contribution in [2.45, 2.75) is 58.4 Å². The maximum absolute atomic E-state index is 11.8. The van der Waals surface area contributed by atoms with Crippen LogP contribution < -0.4 is 15.8 Å². The van der Waals surface area contributed by atoms with E-state index in [0.717, 1.165) is 24.2 Å². The summed E-state index contributed by atoms with van der Waals surface area (Å²) in [6.07, 6.45) is 7.74. The molecule has 4 nitrogen and oxygen atoms in total. The predicted octanol–water partition coefficient (Wildman–Crippen LogP) is 3.64. The number of carbonyl (C=O) groups excluding carboxylic acids is 1. The highest BCUT2D eigenvalue weighted by Gasteiger charge is 2.06.